The summed E-state index contributed by atoms with van der Waals surface area (Å²) in [5.74, 6) is -0.365. The van der Waals surface area contributed by atoms with Gasteiger partial charge in [0.2, 0.25) is 5.91 Å². The summed E-state index contributed by atoms with van der Waals surface area (Å²) in [7, 11) is 0. The van der Waals surface area contributed by atoms with Crippen molar-refractivity contribution in [2.24, 2.45) is 0 Å². The number of hydrogen-bond acceptors (Lipinski definition) is 3. The van der Waals surface area contributed by atoms with Gasteiger partial charge in [-0.15, -0.1) is 0 Å². The molecule has 134 valence electrons. The van der Waals surface area contributed by atoms with Crippen LogP contribution < -0.4 is 10.6 Å². The van der Waals surface area contributed by atoms with E-state index < -0.39 is 0 Å². The molecule has 2 N–H and O–H groups in total. The topological polar surface area (TPSA) is 61.4 Å². The number of carbonyl (C=O) groups excluding carboxylic acids is 2. The van der Waals surface area contributed by atoms with Crippen LogP contribution in [0.25, 0.3) is 0 Å². The molecule has 4 rings (SSSR count). The summed E-state index contributed by atoms with van der Waals surface area (Å²) in [4.78, 5) is 26.4. The number of rotatable bonds is 2. The smallest absolute Gasteiger partial charge is 0.254 e. The Bertz CT molecular complexity index is 868. The van der Waals surface area contributed by atoms with E-state index in [1.807, 2.05) is 12.1 Å². The molecule has 0 saturated carbocycles. The van der Waals surface area contributed by atoms with E-state index in [-0.39, 0.29) is 23.7 Å². The van der Waals surface area contributed by atoms with Crippen molar-refractivity contribution in [2.75, 3.05) is 25.0 Å². The number of nitrogens with zero attached hydrogens (tertiary/aromatic N) is 1. The molecule has 1 unspecified atom stereocenters. The van der Waals surface area contributed by atoms with Crippen molar-refractivity contribution < 1.29 is 14.0 Å². The summed E-state index contributed by atoms with van der Waals surface area (Å²) in [6.07, 6.45) is 1.07. The van der Waals surface area contributed by atoms with Gasteiger partial charge in [0.1, 0.15) is 5.82 Å². The molecule has 0 aliphatic carbocycles. The van der Waals surface area contributed by atoms with Crippen molar-refractivity contribution >= 4 is 17.5 Å². The maximum Gasteiger partial charge on any atom is 0.254 e. The first-order chi connectivity index (χ1) is 12.6. The minimum Gasteiger partial charge on any atom is -0.329 e. The molecule has 0 aromatic heterocycles. The molecular formula is C20H20FN3O2. The van der Waals surface area contributed by atoms with E-state index in [2.05, 4.69) is 10.6 Å². The molecule has 2 aliphatic rings. The average molecular weight is 353 g/mol. The van der Waals surface area contributed by atoms with Crippen LogP contribution in [0.3, 0.4) is 0 Å². The molecule has 0 radical (unpaired) electrons. The largest absolute Gasteiger partial charge is 0.329 e. The van der Waals surface area contributed by atoms with Gasteiger partial charge in [0.15, 0.2) is 0 Å². The zero-order valence-electron chi connectivity index (χ0n) is 14.3. The average Bonchev–Trinajstić information content (AvgIpc) is 2.67. The van der Waals surface area contributed by atoms with Crippen LogP contribution in [0.2, 0.25) is 0 Å². The first kappa shape index (κ1) is 16.7. The highest BCUT2D eigenvalue weighted by Crippen LogP contribution is 2.28. The summed E-state index contributed by atoms with van der Waals surface area (Å²) in [5, 5.41) is 6.11. The van der Waals surface area contributed by atoms with E-state index in [4.69, 9.17) is 0 Å². The van der Waals surface area contributed by atoms with Gasteiger partial charge in [-0.05, 0) is 47.9 Å². The molecule has 0 bridgehead atoms. The highest BCUT2D eigenvalue weighted by molar-refractivity contribution is 5.98. The van der Waals surface area contributed by atoms with Crippen molar-refractivity contribution in [2.45, 2.75) is 18.9 Å². The number of carbonyl (C=O) groups is 2. The molecule has 2 heterocycles. The second-order valence-corrected chi connectivity index (χ2v) is 6.69. The van der Waals surface area contributed by atoms with E-state index in [0.717, 1.165) is 16.8 Å². The van der Waals surface area contributed by atoms with Gasteiger partial charge >= 0.3 is 0 Å². The molecular weight excluding hydrogens is 333 g/mol. The number of amides is 2. The number of benzene rings is 2. The molecule has 2 aliphatic heterocycles. The second-order valence-electron chi connectivity index (χ2n) is 6.69. The number of hydrogen-bond donors (Lipinski definition) is 2. The van der Waals surface area contributed by atoms with Gasteiger partial charge in [-0.1, -0.05) is 12.1 Å². The fourth-order valence-electron chi connectivity index (χ4n) is 3.64. The lowest BCUT2D eigenvalue weighted by Gasteiger charge is -2.37. The molecule has 2 aromatic carbocycles. The SMILES string of the molecule is O=C1CCc2cc(C(=O)N3CCNCC3c3cccc(F)c3)ccc2N1. The van der Waals surface area contributed by atoms with Gasteiger partial charge < -0.3 is 15.5 Å². The summed E-state index contributed by atoms with van der Waals surface area (Å²) >= 11 is 0. The Morgan fingerprint density at radius 3 is 2.88 bits per heavy atom. The maximum absolute atomic E-state index is 13.6. The molecule has 6 heteroatoms. The summed E-state index contributed by atoms with van der Waals surface area (Å²) in [5.41, 5.74) is 3.15. The zero-order valence-corrected chi connectivity index (χ0v) is 14.3. The third-order valence-corrected chi connectivity index (χ3v) is 4.99. The van der Waals surface area contributed by atoms with Gasteiger partial charge in [-0.2, -0.15) is 0 Å². The second kappa shape index (κ2) is 6.88. The lowest BCUT2D eigenvalue weighted by atomic mass is 9.98. The monoisotopic (exact) mass is 353 g/mol. The minimum atomic E-state index is -0.301. The minimum absolute atomic E-state index is 0.00449. The predicted molar refractivity (Wildman–Crippen MR) is 96.4 cm³/mol. The first-order valence-corrected chi connectivity index (χ1v) is 8.82. The van der Waals surface area contributed by atoms with E-state index in [1.54, 1.807) is 23.1 Å². The van der Waals surface area contributed by atoms with Crippen LogP contribution in [-0.2, 0) is 11.2 Å². The quantitative estimate of drug-likeness (QED) is 0.872. The highest BCUT2D eigenvalue weighted by Gasteiger charge is 2.29. The number of anilines is 1. The molecule has 2 aromatic rings. The summed E-state index contributed by atoms with van der Waals surface area (Å²) in [6.45, 7) is 1.86. The van der Waals surface area contributed by atoms with Crippen LogP contribution in [0, 0.1) is 5.82 Å². The van der Waals surface area contributed by atoms with Crippen LogP contribution in [0.5, 0.6) is 0 Å². The fraction of sp³-hybridized carbons (Fsp3) is 0.300. The number of aryl methyl sites for hydroxylation is 1. The Morgan fingerprint density at radius 1 is 1.15 bits per heavy atom. The van der Waals surface area contributed by atoms with Gasteiger partial charge in [-0.3, -0.25) is 9.59 Å². The Labute approximate surface area is 151 Å². The van der Waals surface area contributed by atoms with Crippen molar-refractivity contribution in [3.8, 4) is 0 Å². The maximum atomic E-state index is 13.6. The van der Waals surface area contributed by atoms with Crippen molar-refractivity contribution in [1.82, 2.24) is 10.2 Å². The van der Waals surface area contributed by atoms with Crippen molar-refractivity contribution in [3.05, 3.63) is 65.0 Å². The van der Waals surface area contributed by atoms with E-state index >= 15 is 0 Å². The third kappa shape index (κ3) is 3.20. The van der Waals surface area contributed by atoms with Crippen LogP contribution in [0.4, 0.5) is 10.1 Å². The molecule has 1 fully saturated rings. The fourth-order valence-corrected chi connectivity index (χ4v) is 3.64. The molecule has 2 amide bonds. The lowest BCUT2D eigenvalue weighted by molar-refractivity contribution is -0.116. The van der Waals surface area contributed by atoms with Crippen LogP contribution >= 0.6 is 0 Å². The normalized spacial score (nSPS) is 19.7. The lowest BCUT2D eigenvalue weighted by Crippen LogP contribution is -2.48. The van der Waals surface area contributed by atoms with E-state index in [0.29, 0.717) is 38.0 Å². The molecule has 1 atom stereocenters. The molecule has 1 saturated heterocycles. The molecule has 0 spiro atoms. The van der Waals surface area contributed by atoms with Gasteiger partial charge in [0.25, 0.3) is 5.91 Å². The van der Waals surface area contributed by atoms with Crippen LogP contribution in [0.15, 0.2) is 42.5 Å². The Kier molecular flexibility index (Phi) is 4.42. The third-order valence-electron chi connectivity index (χ3n) is 4.99. The number of nitrogens with one attached hydrogen (secondary N) is 2. The molecule has 5 nitrogen and oxygen atoms in total. The first-order valence-electron chi connectivity index (χ1n) is 8.82. The van der Waals surface area contributed by atoms with Crippen LogP contribution in [-0.4, -0.2) is 36.3 Å². The predicted octanol–water partition coefficient (Wildman–Crippen LogP) is 2.50. The van der Waals surface area contributed by atoms with Crippen molar-refractivity contribution in [1.29, 1.82) is 0 Å². The van der Waals surface area contributed by atoms with Crippen LogP contribution in [0.1, 0.15) is 33.9 Å². The standard InChI is InChI=1S/C20H20FN3O2/c21-16-3-1-2-14(11-16)18-12-22-8-9-24(18)20(26)15-4-6-17-13(10-15)5-7-19(25)23-17/h1-4,6,10-11,18,22H,5,7-9,12H2,(H,23,25). The Morgan fingerprint density at radius 2 is 2.04 bits per heavy atom. The Hall–Kier alpha value is -2.73. The summed E-state index contributed by atoms with van der Waals surface area (Å²) < 4.78 is 13.6. The van der Waals surface area contributed by atoms with E-state index in [1.165, 1.54) is 12.1 Å². The van der Waals surface area contributed by atoms with Gasteiger partial charge in [0, 0.05) is 37.3 Å². The highest BCUT2D eigenvalue weighted by atomic mass is 19.1. The van der Waals surface area contributed by atoms with Gasteiger partial charge in [0.05, 0.1) is 6.04 Å². The number of fused-ring (bicyclic) bond motifs is 1. The van der Waals surface area contributed by atoms with Gasteiger partial charge in [-0.25, -0.2) is 4.39 Å². The number of halogens is 1. The zero-order chi connectivity index (χ0) is 18.1. The number of piperazine rings is 1. The molecule has 26 heavy (non-hydrogen) atoms. The van der Waals surface area contributed by atoms with Crippen molar-refractivity contribution in [3.63, 3.8) is 0 Å². The van der Waals surface area contributed by atoms with E-state index in [9.17, 15) is 14.0 Å². The Balaban J connectivity index is 1.62. The summed E-state index contributed by atoms with van der Waals surface area (Å²) in [6, 6.07) is 11.6.